The molecule has 0 aliphatic heterocycles. The van der Waals surface area contributed by atoms with Crippen LogP contribution in [0.4, 0.5) is 11.4 Å². The van der Waals surface area contributed by atoms with Gasteiger partial charge >= 0.3 is 0 Å². The Morgan fingerprint density at radius 2 is 2.25 bits per heavy atom. The molecule has 4 nitrogen and oxygen atoms in total. The van der Waals surface area contributed by atoms with Crippen LogP contribution in [0.5, 0.6) is 0 Å². The SMILES string of the molecule is C=Nc1ccc2ncc(Cl)nc2c1N=CC. The van der Waals surface area contributed by atoms with Gasteiger partial charge < -0.3 is 0 Å². The molecule has 80 valence electrons. The molecule has 0 unspecified atom stereocenters. The molecule has 16 heavy (non-hydrogen) atoms. The van der Waals surface area contributed by atoms with Crippen LogP contribution >= 0.6 is 11.6 Å². The largest absolute Gasteiger partial charge is 0.262 e. The molecule has 1 aromatic carbocycles. The van der Waals surface area contributed by atoms with E-state index in [1.807, 2.05) is 13.0 Å². The van der Waals surface area contributed by atoms with Crippen molar-refractivity contribution < 1.29 is 0 Å². The lowest BCUT2D eigenvalue weighted by atomic mass is 10.2. The van der Waals surface area contributed by atoms with E-state index in [9.17, 15) is 0 Å². The van der Waals surface area contributed by atoms with Crippen LogP contribution in [0.2, 0.25) is 5.15 Å². The minimum atomic E-state index is 0.335. The van der Waals surface area contributed by atoms with Crippen molar-refractivity contribution in [3.8, 4) is 0 Å². The summed E-state index contributed by atoms with van der Waals surface area (Å²) in [7, 11) is 0. The molecule has 0 saturated carbocycles. The normalized spacial score (nSPS) is 11.1. The second-order valence-electron chi connectivity index (χ2n) is 3.04. The van der Waals surface area contributed by atoms with Crippen molar-refractivity contribution in [1.82, 2.24) is 9.97 Å². The van der Waals surface area contributed by atoms with Gasteiger partial charge in [0, 0.05) is 6.21 Å². The Hall–Kier alpha value is -1.81. The molecule has 0 saturated heterocycles. The number of rotatable bonds is 2. The first-order valence-electron chi connectivity index (χ1n) is 4.67. The molecular formula is C11H9ClN4. The zero-order valence-electron chi connectivity index (χ0n) is 8.68. The van der Waals surface area contributed by atoms with E-state index in [4.69, 9.17) is 11.6 Å². The summed E-state index contributed by atoms with van der Waals surface area (Å²) >= 11 is 5.81. The van der Waals surface area contributed by atoms with Gasteiger partial charge in [-0.05, 0) is 25.8 Å². The molecule has 2 aromatic rings. The van der Waals surface area contributed by atoms with Gasteiger partial charge in [-0.1, -0.05) is 11.6 Å². The van der Waals surface area contributed by atoms with Crippen molar-refractivity contribution in [1.29, 1.82) is 0 Å². The minimum absolute atomic E-state index is 0.335. The number of aliphatic imine (C=N–C) groups is 2. The van der Waals surface area contributed by atoms with Gasteiger partial charge in [-0.3, -0.25) is 15.0 Å². The Morgan fingerprint density at radius 3 is 2.94 bits per heavy atom. The molecule has 1 heterocycles. The molecule has 0 fully saturated rings. The van der Waals surface area contributed by atoms with Crippen LogP contribution in [-0.4, -0.2) is 22.9 Å². The molecule has 0 aliphatic carbocycles. The maximum absolute atomic E-state index is 5.81. The van der Waals surface area contributed by atoms with Crippen molar-refractivity contribution >= 4 is 46.9 Å². The molecule has 0 atom stereocenters. The lowest BCUT2D eigenvalue weighted by Crippen LogP contribution is -1.85. The van der Waals surface area contributed by atoms with Crippen molar-refractivity contribution in [2.75, 3.05) is 0 Å². The van der Waals surface area contributed by atoms with Crippen molar-refractivity contribution in [3.05, 3.63) is 23.5 Å². The molecule has 0 radical (unpaired) electrons. The second kappa shape index (κ2) is 4.37. The number of aromatic nitrogens is 2. The Morgan fingerprint density at radius 1 is 1.44 bits per heavy atom. The van der Waals surface area contributed by atoms with E-state index >= 15 is 0 Å². The first-order chi connectivity index (χ1) is 7.76. The molecule has 2 rings (SSSR count). The monoisotopic (exact) mass is 232 g/mol. The van der Waals surface area contributed by atoms with Gasteiger partial charge in [0.15, 0.2) is 0 Å². The lowest BCUT2D eigenvalue weighted by Gasteiger charge is -2.03. The number of benzene rings is 1. The zero-order valence-corrected chi connectivity index (χ0v) is 9.44. The third kappa shape index (κ3) is 1.79. The maximum Gasteiger partial charge on any atom is 0.148 e. The number of hydrogen-bond acceptors (Lipinski definition) is 4. The summed E-state index contributed by atoms with van der Waals surface area (Å²) in [6.45, 7) is 5.32. The Kier molecular flexibility index (Phi) is 2.92. The fraction of sp³-hybridized carbons (Fsp3) is 0.0909. The van der Waals surface area contributed by atoms with Gasteiger partial charge in [-0.2, -0.15) is 0 Å². The number of hydrogen-bond donors (Lipinski definition) is 0. The van der Waals surface area contributed by atoms with E-state index in [2.05, 4.69) is 26.7 Å². The second-order valence-corrected chi connectivity index (χ2v) is 3.43. The highest BCUT2D eigenvalue weighted by Crippen LogP contribution is 2.34. The van der Waals surface area contributed by atoms with Crippen LogP contribution in [-0.2, 0) is 0 Å². The summed E-state index contributed by atoms with van der Waals surface area (Å²) in [6, 6.07) is 3.62. The lowest BCUT2D eigenvalue weighted by molar-refractivity contribution is 1.28. The smallest absolute Gasteiger partial charge is 0.148 e. The molecule has 0 bridgehead atoms. The van der Waals surface area contributed by atoms with Crippen molar-refractivity contribution in [3.63, 3.8) is 0 Å². The predicted molar refractivity (Wildman–Crippen MR) is 67.6 cm³/mol. The van der Waals surface area contributed by atoms with Gasteiger partial charge in [0.1, 0.15) is 16.4 Å². The van der Waals surface area contributed by atoms with Crippen LogP contribution in [0.25, 0.3) is 11.0 Å². The summed E-state index contributed by atoms with van der Waals surface area (Å²) in [5.74, 6) is 0. The fourth-order valence-corrected chi connectivity index (χ4v) is 1.55. The molecule has 0 N–H and O–H groups in total. The van der Waals surface area contributed by atoms with Crippen LogP contribution in [0, 0.1) is 0 Å². The topological polar surface area (TPSA) is 50.5 Å². The van der Waals surface area contributed by atoms with Crippen LogP contribution < -0.4 is 0 Å². The molecular weight excluding hydrogens is 224 g/mol. The van der Waals surface area contributed by atoms with E-state index in [0.29, 0.717) is 22.0 Å². The summed E-state index contributed by atoms with van der Waals surface area (Å²) in [5.41, 5.74) is 2.68. The predicted octanol–water partition coefficient (Wildman–Crippen LogP) is 3.34. The standard InChI is InChI=1S/C11H9ClN4/c1-3-14-10-7(13-2)4-5-8-11(10)16-9(12)6-15-8/h3-6H,2H2,1H3. The Bertz CT molecular complexity index is 577. The van der Waals surface area contributed by atoms with E-state index in [1.54, 1.807) is 12.3 Å². The van der Waals surface area contributed by atoms with Crippen LogP contribution in [0.3, 0.4) is 0 Å². The molecule has 1 aromatic heterocycles. The Balaban J connectivity index is 2.86. The maximum atomic E-state index is 5.81. The van der Waals surface area contributed by atoms with Gasteiger partial charge in [-0.15, -0.1) is 0 Å². The number of fused-ring (bicyclic) bond motifs is 1. The zero-order chi connectivity index (χ0) is 11.5. The van der Waals surface area contributed by atoms with Gasteiger partial charge in [0.25, 0.3) is 0 Å². The molecule has 0 aliphatic rings. The van der Waals surface area contributed by atoms with Crippen molar-refractivity contribution in [2.24, 2.45) is 9.98 Å². The minimum Gasteiger partial charge on any atom is -0.262 e. The average Bonchev–Trinajstić information content (AvgIpc) is 2.30. The Labute approximate surface area is 97.7 Å². The summed E-state index contributed by atoms with van der Waals surface area (Å²) < 4.78 is 0. The highest BCUT2D eigenvalue weighted by molar-refractivity contribution is 6.29. The van der Waals surface area contributed by atoms with E-state index in [1.165, 1.54) is 6.20 Å². The molecule has 5 heteroatoms. The molecule has 0 amide bonds. The van der Waals surface area contributed by atoms with Gasteiger partial charge in [-0.25, -0.2) is 4.98 Å². The third-order valence-electron chi connectivity index (χ3n) is 2.07. The number of halogens is 1. The third-order valence-corrected chi connectivity index (χ3v) is 2.25. The number of nitrogens with zero attached hydrogens (tertiary/aromatic N) is 4. The van der Waals surface area contributed by atoms with E-state index in [0.717, 1.165) is 5.52 Å². The summed E-state index contributed by atoms with van der Waals surface area (Å²) in [5, 5.41) is 0.335. The van der Waals surface area contributed by atoms with E-state index in [-0.39, 0.29) is 0 Å². The molecule has 0 spiro atoms. The first-order valence-corrected chi connectivity index (χ1v) is 5.04. The van der Waals surface area contributed by atoms with E-state index < -0.39 is 0 Å². The highest BCUT2D eigenvalue weighted by atomic mass is 35.5. The van der Waals surface area contributed by atoms with Crippen molar-refractivity contribution in [2.45, 2.75) is 6.92 Å². The first kappa shape index (κ1) is 10.7. The van der Waals surface area contributed by atoms with Gasteiger partial charge in [0.05, 0.1) is 17.4 Å². The van der Waals surface area contributed by atoms with Crippen LogP contribution in [0.1, 0.15) is 6.92 Å². The summed E-state index contributed by atoms with van der Waals surface area (Å²) in [4.78, 5) is 16.5. The highest BCUT2D eigenvalue weighted by Gasteiger charge is 2.08. The van der Waals surface area contributed by atoms with Gasteiger partial charge in [0.2, 0.25) is 0 Å². The fourth-order valence-electron chi connectivity index (χ4n) is 1.42. The van der Waals surface area contributed by atoms with Crippen LogP contribution in [0.15, 0.2) is 28.3 Å². The average molecular weight is 233 g/mol. The quantitative estimate of drug-likeness (QED) is 0.746. The summed E-state index contributed by atoms with van der Waals surface area (Å²) in [6.07, 6.45) is 3.18.